The Balaban J connectivity index is 0.000000621. The molecule has 2 amide bonds. The van der Waals surface area contributed by atoms with Gasteiger partial charge in [-0.05, 0) is 77.7 Å². The first kappa shape index (κ1) is 34.5. The number of carbonyl (C=O) groups excluding carboxylic acids is 2. The number of nitrogens with zero attached hydrogens (tertiary/aromatic N) is 1. The summed E-state index contributed by atoms with van der Waals surface area (Å²) in [5.74, 6) is -0.656. The number of rotatable bonds is 14. The summed E-state index contributed by atoms with van der Waals surface area (Å²) >= 11 is 5.90. The summed E-state index contributed by atoms with van der Waals surface area (Å²) in [7, 11) is 3.19. The van der Waals surface area contributed by atoms with Gasteiger partial charge >= 0.3 is 5.97 Å². The van der Waals surface area contributed by atoms with Crippen LogP contribution in [0.1, 0.15) is 28.4 Å². The minimum Gasteiger partial charge on any atom is -0.496 e. The highest BCUT2D eigenvalue weighted by molar-refractivity contribution is 6.30. The van der Waals surface area contributed by atoms with Crippen LogP contribution >= 0.6 is 11.6 Å². The van der Waals surface area contributed by atoms with Gasteiger partial charge in [0.05, 0.1) is 20.1 Å². The summed E-state index contributed by atoms with van der Waals surface area (Å²) in [5.41, 5.74) is 4.84. The first-order valence-corrected chi connectivity index (χ1v) is 13.8. The molecule has 0 atom stereocenters. The summed E-state index contributed by atoms with van der Waals surface area (Å²) in [4.78, 5) is 37.0. The highest BCUT2D eigenvalue weighted by atomic mass is 35.5. The second-order valence-electron chi connectivity index (χ2n) is 9.29. The number of anilines is 1. The molecule has 2 N–H and O–H groups in total. The standard InChI is InChI=1S/C26H25ClN2O5.C8H12O/c1-3-29(16-30)15-19-14-21(28-26(33)18-5-7-20(27)8-6-18)9-10-22(19)23-12-17(13-25(31)32)4-11-24(23)34-2;1-4-5-6-8(2)7-9-3/h4-12,14,16H,3,13,15H2,1-2H3,(H,28,33)(H,31,32);4-6H,1-2,7H2,3H3/b;6-5-. The van der Waals surface area contributed by atoms with Crippen LogP contribution in [-0.2, 0) is 27.3 Å². The molecule has 0 bridgehead atoms. The molecule has 0 aliphatic rings. The van der Waals surface area contributed by atoms with Gasteiger partial charge in [0.25, 0.3) is 5.91 Å². The topological polar surface area (TPSA) is 105 Å². The van der Waals surface area contributed by atoms with E-state index in [1.54, 1.807) is 79.8 Å². The van der Waals surface area contributed by atoms with Crippen LogP contribution in [0.15, 0.2) is 97.6 Å². The number of nitrogens with one attached hydrogen (secondary N) is 1. The summed E-state index contributed by atoms with van der Waals surface area (Å²) < 4.78 is 10.3. The van der Waals surface area contributed by atoms with Crippen LogP contribution in [0.2, 0.25) is 5.02 Å². The third kappa shape index (κ3) is 11.3. The number of carboxylic acids is 1. The van der Waals surface area contributed by atoms with E-state index in [2.05, 4.69) is 18.5 Å². The normalized spacial score (nSPS) is 10.3. The molecule has 0 spiro atoms. The Morgan fingerprint density at radius 3 is 2.35 bits per heavy atom. The maximum absolute atomic E-state index is 12.7. The van der Waals surface area contributed by atoms with Crippen LogP contribution in [-0.4, -0.2) is 55.7 Å². The summed E-state index contributed by atoms with van der Waals surface area (Å²) in [5, 5.41) is 12.6. The largest absolute Gasteiger partial charge is 0.496 e. The van der Waals surface area contributed by atoms with Crippen molar-refractivity contribution in [3.63, 3.8) is 0 Å². The van der Waals surface area contributed by atoms with Crippen molar-refractivity contribution in [1.29, 1.82) is 0 Å². The lowest BCUT2D eigenvalue weighted by atomic mass is 9.95. The van der Waals surface area contributed by atoms with Gasteiger partial charge in [-0.3, -0.25) is 14.4 Å². The van der Waals surface area contributed by atoms with Gasteiger partial charge in [0.2, 0.25) is 6.41 Å². The second kappa shape index (κ2) is 18.0. The van der Waals surface area contributed by atoms with Crippen molar-refractivity contribution in [1.82, 2.24) is 4.90 Å². The van der Waals surface area contributed by atoms with Crippen LogP contribution in [0.5, 0.6) is 5.75 Å². The van der Waals surface area contributed by atoms with Gasteiger partial charge in [-0.2, -0.15) is 0 Å². The lowest BCUT2D eigenvalue weighted by Gasteiger charge is -2.20. The van der Waals surface area contributed by atoms with Crippen molar-refractivity contribution in [2.45, 2.75) is 19.9 Å². The van der Waals surface area contributed by atoms with Gasteiger partial charge in [-0.15, -0.1) is 0 Å². The molecule has 0 saturated heterocycles. The molecule has 0 unspecified atom stereocenters. The molecule has 3 aromatic rings. The van der Waals surface area contributed by atoms with Gasteiger partial charge in [-0.25, -0.2) is 0 Å². The first-order chi connectivity index (χ1) is 20.6. The Kier molecular flexibility index (Phi) is 14.5. The van der Waals surface area contributed by atoms with Gasteiger partial charge < -0.3 is 24.8 Å². The molecule has 0 aromatic heterocycles. The quantitative estimate of drug-likeness (QED) is 0.155. The SMILES string of the molecule is C=C/C=C\C(=C)COC.CCN(C=O)Cc1cc(NC(=O)c2ccc(Cl)cc2)ccc1-c1cc(CC(=O)O)ccc1OC. The number of allylic oxidation sites excluding steroid dienone is 2. The minimum absolute atomic E-state index is 0.128. The summed E-state index contributed by atoms with van der Waals surface area (Å²) in [6.07, 6.45) is 6.05. The number of carboxylic acid groups (broad SMARTS) is 1. The highest BCUT2D eigenvalue weighted by Gasteiger charge is 2.16. The van der Waals surface area contributed by atoms with Crippen molar-refractivity contribution in [3.8, 4) is 16.9 Å². The fourth-order valence-electron chi connectivity index (χ4n) is 4.00. The van der Waals surface area contributed by atoms with Crippen LogP contribution in [0.25, 0.3) is 11.1 Å². The Morgan fingerprint density at radius 1 is 1.05 bits per heavy atom. The average molecular weight is 605 g/mol. The van der Waals surface area contributed by atoms with E-state index in [0.29, 0.717) is 52.8 Å². The van der Waals surface area contributed by atoms with E-state index in [9.17, 15) is 19.5 Å². The lowest BCUT2D eigenvalue weighted by molar-refractivity contribution is -0.136. The van der Waals surface area contributed by atoms with E-state index in [1.165, 1.54) is 0 Å². The molecule has 9 heteroatoms. The molecule has 3 aromatic carbocycles. The van der Waals surface area contributed by atoms with E-state index >= 15 is 0 Å². The maximum atomic E-state index is 12.7. The fraction of sp³-hybridized carbons (Fsp3) is 0.206. The Bertz CT molecular complexity index is 1450. The Hall–Kier alpha value is -4.66. The predicted molar refractivity (Wildman–Crippen MR) is 172 cm³/mol. The monoisotopic (exact) mass is 604 g/mol. The molecular formula is C34H37ClN2O6. The van der Waals surface area contributed by atoms with E-state index in [1.807, 2.05) is 25.1 Å². The molecule has 0 radical (unpaired) electrons. The third-order valence-electron chi connectivity index (χ3n) is 6.11. The molecule has 43 heavy (non-hydrogen) atoms. The maximum Gasteiger partial charge on any atom is 0.307 e. The first-order valence-electron chi connectivity index (χ1n) is 13.4. The van der Waals surface area contributed by atoms with Gasteiger partial charge in [0.15, 0.2) is 0 Å². The van der Waals surface area contributed by atoms with E-state index in [0.717, 1.165) is 23.1 Å². The number of ether oxygens (including phenoxy) is 2. The molecule has 3 rings (SSSR count). The third-order valence-corrected chi connectivity index (χ3v) is 6.36. The molecule has 0 aliphatic heterocycles. The molecular weight excluding hydrogens is 568 g/mol. The van der Waals surface area contributed by atoms with E-state index in [-0.39, 0.29) is 12.3 Å². The molecule has 0 saturated carbocycles. The zero-order valence-electron chi connectivity index (χ0n) is 24.6. The number of amides is 2. The molecule has 8 nitrogen and oxygen atoms in total. The van der Waals surface area contributed by atoms with E-state index < -0.39 is 5.97 Å². The van der Waals surface area contributed by atoms with Gasteiger partial charge in [-0.1, -0.05) is 55.1 Å². The lowest BCUT2D eigenvalue weighted by Crippen LogP contribution is -2.21. The Morgan fingerprint density at radius 2 is 1.77 bits per heavy atom. The molecule has 226 valence electrons. The smallest absolute Gasteiger partial charge is 0.307 e. The number of halogens is 1. The van der Waals surface area contributed by atoms with Crippen molar-refractivity contribution >= 4 is 35.6 Å². The van der Waals surface area contributed by atoms with Crippen molar-refractivity contribution in [2.24, 2.45) is 0 Å². The fourth-order valence-corrected chi connectivity index (χ4v) is 4.13. The number of hydrogen-bond donors (Lipinski definition) is 2. The highest BCUT2D eigenvalue weighted by Crippen LogP contribution is 2.35. The van der Waals surface area contributed by atoms with Crippen molar-refractivity contribution in [3.05, 3.63) is 119 Å². The number of benzene rings is 3. The zero-order chi connectivity index (χ0) is 31.8. The zero-order valence-corrected chi connectivity index (χ0v) is 25.4. The number of carbonyl (C=O) groups is 3. The van der Waals surface area contributed by atoms with E-state index in [4.69, 9.17) is 21.1 Å². The van der Waals surface area contributed by atoms with Crippen LogP contribution in [0.4, 0.5) is 5.69 Å². The second-order valence-corrected chi connectivity index (χ2v) is 9.73. The van der Waals surface area contributed by atoms with Crippen LogP contribution < -0.4 is 10.1 Å². The molecule has 0 heterocycles. The molecule has 0 aliphatic carbocycles. The summed E-state index contributed by atoms with van der Waals surface area (Å²) in [6.45, 7) is 10.5. The molecule has 0 fully saturated rings. The van der Waals surface area contributed by atoms with Crippen molar-refractivity contribution in [2.75, 3.05) is 32.7 Å². The number of hydrogen-bond acceptors (Lipinski definition) is 5. The van der Waals surface area contributed by atoms with Gasteiger partial charge in [0, 0.05) is 42.0 Å². The predicted octanol–water partition coefficient (Wildman–Crippen LogP) is 6.80. The number of aliphatic carboxylic acids is 1. The van der Waals surface area contributed by atoms with Crippen LogP contribution in [0.3, 0.4) is 0 Å². The minimum atomic E-state index is -0.935. The number of methoxy groups -OCH3 is 2. The average Bonchev–Trinajstić information content (AvgIpc) is 2.99. The summed E-state index contributed by atoms with van der Waals surface area (Å²) in [6, 6.07) is 17.2. The Labute approximate surface area is 257 Å². The van der Waals surface area contributed by atoms with Gasteiger partial charge in [0.1, 0.15) is 5.75 Å². The van der Waals surface area contributed by atoms with Crippen molar-refractivity contribution < 1.29 is 29.0 Å². The van der Waals surface area contributed by atoms with Crippen LogP contribution in [0, 0.1) is 0 Å².